The summed E-state index contributed by atoms with van der Waals surface area (Å²) in [5.74, 6) is -0.491. The predicted octanol–water partition coefficient (Wildman–Crippen LogP) is 2.50. The highest BCUT2D eigenvalue weighted by Crippen LogP contribution is 2.24. The van der Waals surface area contributed by atoms with Gasteiger partial charge in [0.1, 0.15) is 12.6 Å². The third kappa shape index (κ3) is 5.52. The summed E-state index contributed by atoms with van der Waals surface area (Å²) < 4.78 is 10.6. The standard InChI is InChI=1S/C24H26ClN3O5/c1-32-20-13-21(24(31)26-18-6-4-17(25)5-7-18)28(14-20)22(29)12-16-2-8-19(9-3-16)27-10-11-33-15-23(27)30/h2-9,20-21H,10-15H2,1H3,(H,26,31)/t20-,21+/m0/s1. The number of nitrogens with one attached hydrogen (secondary N) is 1. The molecule has 0 saturated carbocycles. The van der Waals surface area contributed by atoms with Gasteiger partial charge in [-0.15, -0.1) is 0 Å². The molecular formula is C24H26ClN3O5. The third-order valence-corrected chi connectivity index (χ3v) is 6.17. The number of morpholine rings is 1. The van der Waals surface area contributed by atoms with Gasteiger partial charge in [-0.1, -0.05) is 23.7 Å². The zero-order valence-electron chi connectivity index (χ0n) is 18.3. The van der Waals surface area contributed by atoms with Crippen LogP contribution >= 0.6 is 11.6 Å². The van der Waals surface area contributed by atoms with Gasteiger partial charge in [0.25, 0.3) is 5.91 Å². The second-order valence-electron chi connectivity index (χ2n) is 8.09. The monoisotopic (exact) mass is 471 g/mol. The lowest BCUT2D eigenvalue weighted by Crippen LogP contribution is -2.44. The Morgan fingerprint density at radius 2 is 1.88 bits per heavy atom. The lowest BCUT2D eigenvalue weighted by molar-refractivity contribution is -0.136. The van der Waals surface area contributed by atoms with Gasteiger partial charge < -0.3 is 24.6 Å². The maximum Gasteiger partial charge on any atom is 0.253 e. The highest BCUT2D eigenvalue weighted by atomic mass is 35.5. The average molecular weight is 472 g/mol. The molecule has 33 heavy (non-hydrogen) atoms. The SMILES string of the molecule is CO[C@H]1C[C@H](C(=O)Nc2ccc(Cl)cc2)N(C(=O)Cc2ccc(N3CCOCC3=O)cc2)C1. The first kappa shape index (κ1) is 23.2. The van der Waals surface area contributed by atoms with E-state index in [-0.39, 0.29) is 36.9 Å². The predicted molar refractivity (Wildman–Crippen MR) is 124 cm³/mol. The van der Waals surface area contributed by atoms with Crippen LogP contribution in [0.4, 0.5) is 11.4 Å². The van der Waals surface area contributed by atoms with Crippen LogP contribution in [0.5, 0.6) is 0 Å². The first-order valence-electron chi connectivity index (χ1n) is 10.8. The van der Waals surface area contributed by atoms with E-state index in [1.54, 1.807) is 41.2 Å². The number of likely N-dealkylation sites (tertiary alicyclic amines) is 1. The van der Waals surface area contributed by atoms with Gasteiger partial charge in [0.05, 0.1) is 19.1 Å². The van der Waals surface area contributed by atoms with E-state index in [4.69, 9.17) is 21.1 Å². The van der Waals surface area contributed by atoms with E-state index in [1.807, 2.05) is 24.3 Å². The molecule has 4 rings (SSSR count). The van der Waals surface area contributed by atoms with Crippen molar-refractivity contribution in [3.8, 4) is 0 Å². The number of methoxy groups -OCH3 is 1. The molecule has 1 N–H and O–H groups in total. The summed E-state index contributed by atoms with van der Waals surface area (Å²) in [5, 5.41) is 3.44. The van der Waals surface area contributed by atoms with Crippen LogP contribution in [-0.2, 0) is 30.3 Å². The molecule has 174 valence electrons. The van der Waals surface area contributed by atoms with E-state index in [0.29, 0.717) is 36.8 Å². The van der Waals surface area contributed by atoms with Gasteiger partial charge in [-0.25, -0.2) is 0 Å². The van der Waals surface area contributed by atoms with E-state index in [9.17, 15) is 14.4 Å². The minimum Gasteiger partial charge on any atom is -0.380 e. The molecule has 2 atom stereocenters. The number of amides is 3. The fraction of sp³-hybridized carbons (Fsp3) is 0.375. The van der Waals surface area contributed by atoms with Crippen molar-refractivity contribution in [1.29, 1.82) is 0 Å². The van der Waals surface area contributed by atoms with Gasteiger partial charge in [0.15, 0.2) is 0 Å². The maximum absolute atomic E-state index is 13.1. The Morgan fingerprint density at radius 3 is 2.55 bits per heavy atom. The molecule has 3 amide bonds. The number of hydrogen-bond donors (Lipinski definition) is 1. The van der Waals surface area contributed by atoms with Gasteiger partial charge in [-0.2, -0.15) is 0 Å². The molecule has 2 aromatic rings. The number of anilines is 2. The molecule has 0 aliphatic carbocycles. The molecule has 0 unspecified atom stereocenters. The molecule has 2 saturated heterocycles. The minimum absolute atomic E-state index is 0.0787. The van der Waals surface area contributed by atoms with Crippen LogP contribution in [0.1, 0.15) is 12.0 Å². The summed E-state index contributed by atoms with van der Waals surface area (Å²) in [7, 11) is 1.58. The number of nitrogens with zero attached hydrogens (tertiary/aromatic N) is 2. The van der Waals surface area contributed by atoms with Gasteiger partial charge in [-0.05, 0) is 42.0 Å². The van der Waals surface area contributed by atoms with Gasteiger partial charge in [0.2, 0.25) is 11.8 Å². The summed E-state index contributed by atoms with van der Waals surface area (Å²) in [6.07, 6.45) is 0.378. The number of rotatable bonds is 6. The molecule has 9 heteroatoms. The van der Waals surface area contributed by atoms with Crippen molar-refractivity contribution in [2.45, 2.75) is 25.0 Å². The van der Waals surface area contributed by atoms with Gasteiger partial charge in [-0.3, -0.25) is 14.4 Å². The highest BCUT2D eigenvalue weighted by Gasteiger charge is 2.39. The van der Waals surface area contributed by atoms with E-state index >= 15 is 0 Å². The molecule has 2 aromatic carbocycles. The quantitative estimate of drug-likeness (QED) is 0.699. The molecular weight excluding hydrogens is 446 g/mol. The second-order valence-corrected chi connectivity index (χ2v) is 8.53. The van der Waals surface area contributed by atoms with Crippen molar-refractivity contribution in [3.63, 3.8) is 0 Å². The lowest BCUT2D eigenvalue weighted by atomic mass is 10.1. The molecule has 2 aliphatic rings. The van der Waals surface area contributed by atoms with Crippen LogP contribution in [-0.4, -0.2) is 68.2 Å². The lowest BCUT2D eigenvalue weighted by Gasteiger charge is -2.27. The number of halogens is 1. The number of benzene rings is 2. The Bertz CT molecular complexity index is 1010. The third-order valence-electron chi connectivity index (χ3n) is 5.92. The molecule has 0 spiro atoms. The van der Waals surface area contributed by atoms with Crippen LogP contribution < -0.4 is 10.2 Å². The zero-order chi connectivity index (χ0) is 23.4. The number of carbonyl (C=O) groups excluding carboxylic acids is 3. The van der Waals surface area contributed by atoms with Crippen molar-refractivity contribution >= 4 is 40.7 Å². The Morgan fingerprint density at radius 1 is 1.15 bits per heavy atom. The van der Waals surface area contributed by atoms with Crippen molar-refractivity contribution in [3.05, 3.63) is 59.1 Å². The summed E-state index contributed by atoms with van der Waals surface area (Å²) in [6, 6.07) is 13.5. The van der Waals surface area contributed by atoms with Gasteiger partial charge >= 0.3 is 0 Å². The number of hydrogen-bond acceptors (Lipinski definition) is 5. The van der Waals surface area contributed by atoms with E-state index in [1.165, 1.54) is 0 Å². The van der Waals surface area contributed by atoms with Crippen LogP contribution in [0, 0.1) is 0 Å². The van der Waals surface area contributed by atoms with Crippen LogP contribution in [0.15, 0.2) is 48.5 Å². The smallest absolute Gasteiger partial charge is 0.253 e. The van der Waals surface area contributed by atoms with Crippen LogP contribution in [0.2, 0.25) is 5.02 Å². The Kier molecular flexibility index (Phi) is 7.27. The molecule has 8 nitrogen and oxygen atoms in total. The normalized spacial score (nSPS) is 20.7. The van der Waals surface area contributed by atoms with Crippen molar-refractivity contribution in [2.24, 2.45) is 0 Å². The van der Waals surface area contributed by atoms with E-state index in [0.717, 1.165) is 11.3 Å². The van der Waals surface area contributed by atoms with Crippen LogP contribution in [0.25, 0.3) is 0 Å². The molecule has 2 aliphatic heterocycles. The highest BCUT2D eigenvalue weighted by molar-refractivity contribution is 6.30. The summed E-state index contributed by atoms with van der Waals surface area (Å²) in [5.41, 5.74) is 2.20. The second kappa shape index (κ2) is 10.3. The fourth-order valence-corrected chi connectivity index (χ4v) is 4.24. The van der Waals surface area contributed by atoms with E-state index < -0.39 is 6.04 Å². The topological polar surface area (TPSA) is 88.2 Å². The Labute approximate surface area is 197 Å². The zero-order valence-corrected chi connectivity index (χ0v) is 19.1. The van der Waals surface area contributed by atoms with Crippen molar-refractivity contribution in [2.75, 3.05) is 43.6 Å². The van der Waals surface area contributed by atoms with Crippen molar-refractivity contribution in [1.82, 2.24) is 4.90 Å². The Balaban J connectivity index is 1.42. The molecule has 2 heterocycles. The van der Waals surface area contributed by atoms with Crippen LogP contribution in [0.3, 0.4) is 0 Å². The molecule has 2 fully saturated rings. The first-order valence-corrected chi connectivity index (χ1v) is 11.2. The van der Waals surface area contributed by atoms with E-state index in [2.05, 4.69) is 5.32 Å². The summed E-state index contributed by atoms with van der Waals surface area (Å²) >= 11 is 5.91. The molecule has 0 bridgehead atoms. The summed E-state index contributed by atoms with van der Waals surface area (Å²) in [6.45, 7) is 1.44. The fourth-order valence-electron chi connectivity index (χ4n) is 4.11. The number of carbonyl (C=O) groups is 3. The molecule has 0 aromatic heterocycles. The minimum atomic E-state index is -0.622. The van der Waals surface area contributed by atoms with Gasteiger partial charge in [0, 0.05) is 43.0 Å². The van der Waals surface area contributed by atoms with Crippen molar-refractivity contribution < 1.29 is 23.9 Å². The Hall–Kier alpha value is -2.94. The molecule has 0 radical (unpaired) electrons. The largest absolute Gasteiger partial charge is 0.380 e. The maximum atomic E-state index is 13.1. The average Bonchev–Trinajstić information content (AvgIpc) is 3.27. The number of ether oxygens (including phenoxy) is 2. The summed E-state index contributed by atoms with van der Waals surface area (Å²) in [4.78, 5) is 41.3. The first-order chi connectivity index (χ1) is 15.9.